The number of hydrogen-bond donors (Lipinski definition) is 0. The van der Waals surface area contributed by atoms with Gasteiger partial charge in [0.25, 0.3) is 0 Å². The summed E-state index contributed by atoms with van der Waals surface area (Å²) in [6, 6.07) is 0. The van der Waals surface area contributed by atoms with Crippen molar-refractivity contribution in [1.82, 2.24) is 14.9 Å². The lowest BCUT2D eigenvalue weighted by Gasteiger charge is -2.31. The first kappa shape index (κ1) is 10.8. The molecule has 3 heterocycles. The van der Waals surface area contributed by atoms with Crippen molar-refractivity contribution in [2.75, 3.05) is 13.1 Å². The highest BCUT2D eigenvalue weighted by Crippen LogP contribution is 2.46. The molecule has 0 N–H and O–H groups in total. The molecule has 3 nitrogen and oxygen atoms in total. The van der Waals surface area contributed by atoms with Gasteiger partial charge in [0.15, 0.2) is 0 Å². The third-order valence-corrected chi connectivity index (χ3v) is 3.74. The summed E-state index contributed by atoms with van der Waals surface area (Å²) >= 11 is 0. The molecule has 0 aromatic carbocycles. The number of fused-ring (bicyclic) bond motifs is 1. The van der Waals surface area contributed by atoms with Gasteiger partial charge in [0.2, 0.25) is 0 Å². The molecule has 2 saturated heterocycles. The SMILES string of the molecule is Cl.c1ncc(C23CCCN2CCC3)cn1. The molecule has 1 aromatic heterocycles. The van der Waals surface area contributed by atoms with Crippen LogP contribution in [-0.2, 0) is 5.54 Å². The van der Waals surface area contributed by atoms with Gasteiger partial charge in [-0.3, -0.25) is 4.90 Å². The number of halogens is 1. The van der Waals surface area contributed by atoms with E-state index in [0.717, 1.165) is 0 Å². The van der Waals surface area contributed by atoms with Crippen LogP contribution in [0.4, 0.5) is 0 Å². The van der Waals surface area contributed by atoms with Gasteiger partial charge in [-0.1, -0.05) is 0 Å². The summed E-state index contributed by atoms with van der Waals surface area (Å²) in [4.78, 5) is 10.9. The van der Waals surface area contributed by atoms with Crippen LogP contribution in [0.2, 0.25) is 0 Å². The minimum atomic E-state index is 0. The van der Waals surface area contributed by atoms with Gasteiger partial charge in [-0.25, -0.2) is 9.97 Å². The number of nitrogens with zero attached hydrogens (tertiary/aromatic N) is 3. The van der Waals surface area contributed by atoms with Gasteiger partial charge in [0, 0.05) is 23.5 Å². The molecule has 3 rings (SSSR count). The van der Waals surface area contributed by atoms with Crippen molar-refractivity contribution < 1.29 is 0 Å². The highest BCUT2D eigenvalue weighted by molar-refractivity contribution is 5.85. The zero-order valence-electron chi connectivity index (χ0n) is 8.72. The molecule has 4 heteroatoms. The summed E-state index contributed by atoms with van der Waals surface area (Å²) in [5.41, 5.74) is 1.64. The lowest BCUT2D eigenvalue weighted by atomic mass is 9.88. The van der Waals surface area contributed by atoms with Gasteiger partial charge < -0.3 is 0 Å². The second-order valence-electron chi connectivity index (χ2n) is 4.35. The second kappa shape index (κ2) is 4.06. The highest BCUT2D eigenvalue weighted by atomic mass is 35.5. The van der Waals surface area contributed by atoms with Gasteiger partial charge in [-0.15, -0.1) is 12.4 Å². The fourth-order valence-electron chi connectivity index (χ4n) is 3.12. The van der Waals surface area contributed by atoms with Crippen molar-refractivity contribution in [2.24, 2.45) is 0 Å². The predicted molar refractivity (Wildman–Crippen MR) is 61.0 cm³/mol. The summed E-state index contributed by atoms with van der Waals surface area (Å²) in [5, 5.41) is 0. The summed E-state index contributed by atoms with van der Waals surface area (Å²) in [7, 11) is 0. The van der Waals surface area contributed by atoms with Crippen molar-refractivity contribution in [2.45, 2.75) is 31.2 Å². The van der Waals surface area contributed by atoms with E-state index in [1.54, 1.807) is 6.33 Å². The molecule has 0 amide bonds. The fraction of sp³-hybridized carbons (Fsp3) is 0.636. The quantitative estimate of drug-likeness (QED) is 0.732. The van der Waals surface area contributed by atoms with Crippen LogP contribution in [0, 0.1) is 0 Å². The van der Waals surface area contributed by atoms with Crippen molar-refractivity contribution >= 4 is 12.4 Å². The first-order valence-electron chi connectivity index (χ1n) is 5.42. The molecule has 0 bridgehead atoms. The van der Waals surface area contributed by atoms with Crippen molar-refractivity contribution in [3.63, 3.8) is 0 Å². The maximum atomic E-state index is 4.15. The molecule has 1 aromatic rings. The lowest BCUT2D eigenvalue weighted by molar-refractivity contribution is 0.196. The molecule has 2 aliphatic heterocycles. The molecular weight excluding hydrogens is 210 g/mol. The van der Waals surface area contributed by atoms with Crippen LogP contribution in [0.15, 0.2) is 18.7 Å². The Morgan fingerprint density at radius 1 is 1.07 bits per heavy atom. The molecule has 0 radical (unpaired) electrons. The number of hydrogen-bond acceptors (Lipinski definition) is 3. The summed E-state index contributed by atoms with van der Waals surface area (Å²) < 4.78 is 0. The smallest absolute Gasteiger partial charge is 0.115 e. The third kappa shape index (κ3) is 1.54. The molecule has 2 aliphatic rings. The van der Waals surface area contributed by atoms with Crippen LogP contribution in [0.5, 0.6) is 0 Å². The van der Waals surface area contributed by atoms with Crippen LogP contribution < -0.4 is 0 Å². The average molecular weight is 226 g/mol. The number of rotatable bonds is 1. The normalized spacial score (nSPS) is 23.5. The van der Waals surface area contributed by atoms with Crippen LogP contribution >= 0.6 is 12.4 Å². The second-order valence-corrected chi connectivity index (χ2v) is 4.35. The van der Waals surface area contributed by atoms with E-state index in [0.29, 0.717) is 5.54 Å². The molecule has 0 saturated carbocycles. The lowest BCUT2D eigenvalue weighted by Crippen LogP contribution is -2.35. The van der Waals surface area contributed by atoms with Crippen molar-refractivity contribution in [3.8, 4) is 0 Å². The van der Waals surface area contributed by atoms with Gasteiger partial charge in [-0.2, -0.15) is 0 Å². The van der Waals surface area contributed by atoms with E-state index in [9.17, 15) is 0 Å². The summed E-state index contributed by atoms with van der Waals surface area (Å²) in [6.07, 6.45) is 10.9. The molecular formula is C11H16ClN3. The zero-order chi connectivity index (χ0) is 9.43. The van der Waals surface area contributed by atoms with Gasteiger partial charge in [0.05, 0.1) is 0 Å². The van der Waals surface area contributed by atoms with Crippen molar-refractivity contribution in [1.29, 1.82) is 0 Å². The van der Waals surface area contributed by atoms with E-state index >= 15 is 0 Å². The Morgan fingerprint density at radius 2 is 1.67 bits per heavy atom. The van der Waals surface area contributed by atoms with Gasteiger partial charge in [0.1, 0.15) is 6.33 Å². The van der Waals surface area contributed by atoms with E-state index in [-0.39, 0.29) is 12.4 Å². The largest absolute Gasteiger partial charge is 0.293 e. The molecule has 0 unspecified atom stereocenters. The molecule has 0 spiro atoms. The molecule has 0 aliphatic carbocycles. The van der Waals surface area contributed by atoms with Crippen molar-refractivity contribution in [3.05, 3.63) is 24.3 Å². The standard InChI is InChI=1S/C11H15N3.ClH/c1-3-11(4-2-6-14(11)5-1)10-7-12-9-13-8-10;/h7-9H,1-6H2;1H. The maximum Gasteiger partial charge on any atom is 0.115 e. The van der Waals surface area contributed by atoms with Crippen LogP contribution in [0.25, 0.3) is 0 Å². The Hall–Kier alpha value is -0.670. The molecule has 2 fully saturated rings. The topological polar surface area (TPSA) is 29.0 Å². The Labute approximate surface area is 96.3 Å². The van der Waals surface area contributed by atoms with E-state index in [2.05, 4.69) is 14.9 Å². The van der Waals surface area contributed by atoms with Gasteiger partial charge >= 0.3 is 0 Å². The van der Waals surface area contributed by atoms with Crippen LogP contribution in [0.1, 0.15) is 31.2 Å². The third-order valence-electron chi connectivity index (χ3n) is 3.74. The highest BCUT2D eigenvalue weighted by Gasteiger charge is 2.45. The molecule has 0 atom stereocenters. The Balaban J connectivity index is 0.000000853. The first-order chi connectivity index (χ1) is 6.92. The van der Waals surface area contributed by atoms with E-state index < -0.39 is 0 Å². The van der Waals surface area contributed by atoms with Gasteiger partial charge in [-0.05, 0) is 38.8 Å². The average Bonchev–Trinajstić information content (AvgIpc) is 2.77. The van der Waals surface area contributed by atoms with Crippen LogP contribution in [0.3, 0.4) is 0 Å². The Kier molecular flexibility index (Phi) is 2.94. The minimum Gasteiger partial charge on any atom is -0.293 e. The number of aromatic nitrogens is 2. The predicted octanol–water partition coefficient (Wildman–Crippen LogP) is 1.98. The monoisotopic (exact) mass is 225 g/mol. The summed E-state index contributed by atoms with van der Waals surface area (Å²) in [5.74, 6) is 0. The molecule has 82 valence electrons. The fourth-order valence-corrected chi connectivity index (χ4v) is 3.12. The maximum absolute atomic E-state index is 4.15. The van der Waals surface area contributed by atoms with E-state index in [1.807, 2.05) is 12.4 Å². The molecule has 15 heavy (non-hydrogen) atoms. The minimum absolute atomic E-state index is 0. The van der Waals surface area contributed by atoms with E-state index in [4.69, 9.17) is 0 Å². The first-order valence-corrected chi connectivity index (χ1v) is 5.42. The zero-order valence-corrected chi connectivity index (χ0v) is 9.54. The van der Waals surface area contributed by atoms with E-state index in [1.165, 1.54) is 44.3 Å². The Bertz CT molecular complexity index is 318. The van der Waals surface area contributed by atoms with Crippen LogP contribution in [-0.4, -0.2) is 28.0 Å². The Morgan fingerprint density at radius 3 is 2.27 bits per heavy atom. The summed E-state index contributed by atoms with van der Waals surface area (Å²) in [6.45, 7) is 2.52.